The van der Waals surface area contributed by atoms with E-state index in [1.54, 1.807) is 0 Å². The van der Waals surface area contributed by atoms with Crippen molar-refractivity contribution in [3.8, 4) is 0 Å². The summed E-state index contributed by atoms with van der Waals surface area (Å²) in [6, 6.07) is 21.4. The molecule has 2 rings (SSSR count). The maximum atomic E-state index is 2.33. The maximum absolute atomic E-state index is 2.33. The predicted octanol–water partition coefficient (Wildman–Crippen LogP) is 3.54. The Morgan fingerprint density at radius 3 is 1.94 bits per heavy atom. The first-order valence-electron chi connectivity index (χ1n) is 5.64. The van der Waals surface area contributed by atoms with Crippen molar-refractivity contribution < 1.29 is 0 Å². The van der Waals surface area contributed by atoms with E-state index in [0.29, 0.717) is 15.0 Å². The number of thioether (sulfide) groups is 1. The molecule has 88 valence electrons. The topological polar surface area (TPSA) is 0 Å². The van der Waals surface area contributed by atoms with Gasteiger partial charge in [-0.3, -0.25) is 0 Å². The van der Waals surface area contributed by atoms with Gasteiger partial charge < -0.3 is 0 Å². The van der Waals surface area contributed by atoms with Crippen LogP contribution >= 0.6 is 11.8 Å². The fraction of sp³-hybridized carbons (Fsp3) is 0.200. The van der Waals surface area contributed by atoms with Crippen LogP contribution in [0.25, 0.3) is 0 Å². The van der Waals surface area contributed by atoms with E-state index in [4.69, 9.17) is 0 Å². The summed E-state index contributed by atoms with van der Waals surface area (Å²) in [4.78, 5) is 1.36. The molecule has 0 amide bonds. The van der Waals surface area contributed by atoms with Gasteiger partial charge in [0.1, 0.15) is 0 Å². The molecule has 2 aromatic rings. The monoisotopic (exact) mass is 308 g/mol. The third-order valence-corrected chi connectivity index (χ3v) is 6.27. The van der Waals surface area contributed by atoms with Crippen molar-refractivity contribution in [3.63, 3.8) is 0 Å². The SMILES string of the molecule is CC(C)(Sc1ccccc1)[Se]c1ccccc1. The Labute approximate surface area is 114 Å². The van der Waals surface area contributed by atoms with Gasteiger partial charge in [0.2, 0.25) is 0 Å². The van der Waals surface area contributed by atoms with Crippen molar-refractivity contribution in [3.05, 3.63) is 60.7 Å². The third kappa shape index (κ3) is 4.23. The summed E-state index contributed by atoms with van der Waals surface area (Å²) in [5.74, 6) is 0. The molecular weight excluding hydrogens is 291 g/mol. The van der Waals surface area contributed by atoms with Gasteiger partial charge in [-0.2, -0.15) is 0 Å². The van der Waals surface area contributed by atoms with E-state index in [1.165, 1.54) is 9.36 Å². The molecule has 0 fully saturated rings. The summed E-state index contributed by atoms with van der Waals surface area (Å²) in [5.41, 5.74) is 0. The standard InChI is InChI=1S/C15H16SSe/c1-15(2,16-13-9-5-3-6-10-13)17-14-11-7-4-8-12-14/h3-12H,1-2H3. The second-order valence-electron chi connectivity index (χ2n) is 4.23. The van der Waals surface area contributed by atoms with E-state index < -0.39 is 0 Å². The minimum absolute atomic E-state index is 0.287. The molecule has 2 heteroatoms. The summed E-state index contributed by atoms with van der Waals surface area (Å²) in [6.07, 6.45) is 0. The zero-order chi connectivity index (χ0) is 12.1. The Balaban J connectivity index is 2.04. The van der Waals surface area contributed by atoms with Crippen LogP contribution in [0.2, 0.25) is 0 Å². The quantitative estimate of drug-likeness (QED) is 0.615. The van der Waals surface area contributed by atoms with Gasteiger partial charge in [0.05, 0.1) is 0 Å². The van der Waals surface area contributed by atoms with Gasteiger partial charge >= 0.3 is 114 Å². The molecule has 0 heterocycles. The second kappa shape index (κ2) is 5.77. The first kappa shape index (κ1) is 12.8. The molecule has 0 saturated heterocycles. The van der Waals surface area contributed by atoms with Gasteiger partial charge in [0.15, 0.2) is 0 Å². The average Bonchev–Trinajstić information content (AvgIpc) is 2.30. The summed E-state index contributed by atoms with van der Waals surface area (Å²) < 4.78 is 1.75. The first-order valence-corrected chi connectivity index (χ1v) is 8.17. The molecule has 0 aliphatic heterocycles. The average molecular weight is 307 g/mol. The van der Waals surface area contributed by atoms with Crippen LogP contribution in [0.3, 0.4) is 0 Å². The van der Waals surface area contributed by atoms with Crippen LogP contribution in [0.5, 0.6) is 0 Å². The molecule has 17 heavy (non-hydrogen) atoms. The molecule has 0 nitrogen and oxygen atoms in total. The van der Waals surface area contributed by atoms with E-state index >= 15 is 0 Å². The molecule has 0 bridgehead atoms. The molecule has 0 unspecified atom stereocenters. The van der Waals surface area contributed by atoms with Crippen LogP contribution in [0.15, 0.2) is 65.6 Å². The second-order valence-corrected chi connectivity index (χ2v) is 10.1. The molecule has 0 aliphatic carbocycles. The molecule has 2 aromatic carbocycles. The number of benzene rings is 2. The summed E-state index contributed by atoms with van der Waals surface area (Å²) in [5, 5.41) is 0. The van der Waals surface area contributed by atoms with Crippen molar-refractivity contribution in [2.45, 2.75) is 22.4 Å². The van der Waals surface area contributed by atoms with Crippen LogP contribution in [0.1, 0.15) is 13.8 Å². The zero-order valence-electron chi connectivity index (χ0n) is 10.1. The van der Waals surface area contributed by atoms with Gasteiger partial charge in [-0.15, -0.1) is 0 Å². The van der Waals surface area contributed by atoms with E-state index in [9.17, 15) is 0 Å². The molecule has 0 aliphatic rings. The van der Waals surface area contributed by atoms with E-state index in [0.717, 1.165) is 0 Å². The first-order chi connectivity index (χ1) is 8.16. The zero-order valence-corrected chi connectivity index (χ0v) is 12.6. The Hall–Kier alpha value is -0.691. The molecule has 0 spiro atoms. The Kier molecular flexibility index (Phi) is 4.33. The summed E-state index contributed by atoms with van der Waals surface area (Å²) in [7, 11) is 0. The van der Waals surface area contributed by atoms with E-state index in [1.807, 2.05) is 11.8 Å². The fourth-order valence-corrected chi connectivity index (χ4v) is 5.64. The van der Waals surface area contributed by atoms with Gasteiger partial charge in [-0.05, 0) is 0 Å². The van der Waals surface area contributed by atoms with Gasteiger partial charge in [-0.25, -0.2) is 0 Å². The number of rotatable bonds is 4. The van der Waals surface area contributed by atoms with Crippen LogP contribution in [0, 0.1) is 0 Å². The van der Waals surface area contributed by atoms with E-state index in [2.05, 4.69) is 74.5 Å². The van der Waals surface area contributed by atoms with Crippen LogP contribution in [-0.2, 0) is 0 Å². The molecule has 0 atom stereocenters. The van der Waals surface area contributed by atoms with E-state index in [-0.39, 0.29) is 3.65 Å². The normalized spacial score (nSPS) is 11.4. The third-order valence-electron chi connectivity index (χ3n) is 2.21. The van der Waals surface area contributed by atoms with Crippen molar-refractivity contribution in [1.82, 2.24) is 0 Å². The Bertz CT molecular complexity index is 407. The summed E-state index contributed by atoms with van der Waals surface area (Å²) in [6.45, 7) is 4.66. The summed E-state index contributed by atoms with van der Waals surface area (Å²) >= 11 is 2.45. The molecular formula is C15H16SSe. The van der Waals surface area contributed by atoms with Crippen LogP contribution in [-0.4, -0.2) is 18.6 Å². The van der Waals surface area contributed by atoms with Gasteiger partial charge in [0, 0.05) is 0 Å². The molecule has 0 aromatic heterocycles. The minimum atomic E-state index is 0.287. The van der Waals surface area contributed by atoms with Crippen molar-refractivity contribution >= 4 is 31.2 Å². The van der Waals surface area contributed by atoms with Crippen LogP contribution in [0.4, 0.5) is 0 Å². The van der Waals surface area contributed by atoms with Crippen molar-refractivity contribution in [2.24, 2.45) is 0 Å². The predicted molar refractivity (Wildman–Crippen MR) is 78.2 cm³/mol. The molecule has 0 N–H and O–H groups in total. The van der Waals surface area contributed by atoms with Crippen LogP contribution < -0.4 is 4.46 Å². The number of hydrogen-bond donors (Lipinski definition) is 0. The Morgan fingerprint density at radius 1 is 0.824 bits per heavy atom. The van der Waals surface area contributed by atoms with Crippen molar-refractivity contribution in [1.29, 1.82) is 0 Å². The molecule has 0 radical (unpaired) electrons. The molecule has 0 saturated carbocycles. The van der Waals surface area contributed by atoms with Crippen molar-refractivity contribution in [2.75, 3.05) is 0 Å². The van der Waals surface area contributed by atoms with Gasteiger partial charge in [0.25, 0.3) is 0 Å². The van der Waals surface area contributed by atoms with Gasteiger partial charge in [-0.1, -0.05) is 0 Å². The fourth-order valence-electron chi connectivity index (χ4n) is 1.57. The number of hydrogen-bond acceptors (Lipinski definition) is 1. The Morgan fingerprint density at radius 2 is 1.35 bits per heavy atom.